The second-order valence-electron chi connectivity index (χ2n) is 11.5. The maximum atomic E-state index is 13.9. The van der Waals surface area contributed by atoms with Gasteiger partial charge in [0.15, 0.2) is 0 Å². The normalized spacial score (nSPS) is 27.1. The number of thiophene rings is 1. The topological polar surface area (TPSA) is 70.2 Å². The number of carbonyl (C=O) groups excluding carboxylic acids is 3. The molecular weight excluding hydrogens is 557 g/mol. The lowest BCUT2D eigenvalue weighted by molar-refractivity contribution is -0.148. The fourth-order valence-electron chi connectivity index (χ4n) is 7.60. The molecule has 4 atom stereocenters. The van der Waals surface area contributed by atoms with E-state index in [0.717, 1.165) is 50.2 Å². The Morgan fingerprint density at radius 2 is 1.77 bits per heavy atom. The molecule has 0 spiro atoms. The average molecular weight is 603 g/mol. The summed E-state index contributed by atoms with van der Waals surface area (Å²) in [6, 6.07) is 4.65. The van der Waals surface area contributed by atoms with Gasteiger partial charge < -0.3 is 14.5 Å². The molecule has 4 unspecified atom stereocenters. The highest BCUT2D eigenvalue weighted by Gasteiger charge is 2.49. The van der Waals surface area contributed by atoms with Gasteiger partial charge >= 0.3 is 5.97 Å². The summed E-state index contributed by atoms with van der Waals surface area (Å²) in [6.07, 6.45) is 9.35. The van der Waals surface area contributed by atoms with Crippen LogP contribution >= 0.6 is 36.2 Å². The van der Waals surface area contributed by atoms with Gasteiger partial charge in [-0.25, -0.2) is 0 Å². The van der Waals surface area contributed by atoms with Crippen molar-refractivity contribution in [2.45, 2.75) is 83.2 Å². The third kappa shape index (κ3) is 7.49. The number of hydrogen-bond donors (Lipinski definition) is 0. The van der Waals surface area contributed by atoms with Crippen molar-refractivity contribution in [2.24, 2.45) is 17.8 Å². The number of carbonyl (C=O) groups is 3. The summed E-state index contributed by atoms with van der Waals surface area (Å²) in [5, 5.41) is 1.95. The molecule has 2 amide bonds. The molecule has 7 nitrogen and oxygen atoms in total. The summed E-state index contributed by atoms with van der Waals surface area (Å²) in [7, 11) is 0. The highest BCUT2D eigenvalue weighted by molar-refractivity contribution is 7.12. The van der Waals surface area contributed by atoms with E-state index in [1.807, 2.05) is 29.3 Å². The lowest BCUT2D eigenvalue weighted by atomic mass is 9.69. The predicted molar refractivity (Wildman–Crippen MR) is 159 cm³/mol. The lowest BCUT2D eigenvalue weighted by Crippen LogP contribution is -2.65. The molecule has 1 aromatic heterocycles. The minimum Gasteiger partial charge on any atom is -0.466 e. The molecule has 220 valence electrons. The van der Waals surface area contributed by atoms with Gasteiger partial charge in [-0.2, -0.15) is 0 Å². The number of ether oxygens (including phenoxy) is 1. The largest absolute Gasteiger partial charge is 0.466 e. The van der Waals surface area contributed by atoms with E-state index in [2.05, 4.69) is 9.80 Å². The zero-order chi connectivity index (χ0) is 25.8. The number of nitrogens with zero attached hydrogens (tertiary/aromatic N) is 3. The van der Waals surface area contributed by atoms with Crippen LogP contribution in [0.2, 0.25) is 0 Å². The fourth-order valence-corrected chi connectivity index (χ4v) is 8.29. The number of hydrogen-bond acceptors (Lipinski definition) is 6. The molecule has 0 bridgehead atoms. The minimum atomic E-state index is -0.124. The summed E-state index contributed by atoms with van der Waals surface area (Å²) in [6.45, 7) is 7.01. The number of amides is 2. The van der Waals surface area contributed by atoms with Crippen LogP contribution in [-0.4, -0.2) is 83.9 Å². The van der Waals surface area contributed by atoms with Crippen molar-refractivity contribution in [1.82, 2.24) is 14.7 Å². The smallest absolute Gasteiger partial charge is 0.305 e. The van der Waals surface area contributed by atoms with Crippen molar-refractivity contribution >= 4 is 53.9 Å². The van der Waals surface area contributed by atoms with Gasteiger partial charge in [0.05, 0.1) is 11.5 Å². The number of rotatable bonds is 8. The van der Waals surface area contributed by atoms with Gasteiger partial charge in [-0.05, 0) is 101 Å². The Bertz CT molecular complexity index is 939. The first-order valence-corrected chi connectivity index (χ1v) is 15.4. The van der Waals surface area contributed by atoms with Gasteiger partial charge in [0, 0.05) is 44.6 Å². The molecule has 5 rings (SSSR count). The Morgan fingerprint density at radius 1 is 1.03 bits per heavy atom. The van der Waals surface area contributed by atoms with Crippen molar-refractivity contribution in [3.8, 4) is 0 Å². The second-order valence-corrected chi connectivity index (χ2v) is 12.4. The quantitative estimate of drug-likeness (QED) is 0.380. The first-order chi connectivity index (χ1) is 18.0. The molecule has 0 aliphatic carbocycles. The zero-order valence-electron chi connectivity index (χ0n) is 23.1. The highest BCUT2D eigenvalue weighted by atomic mass is 35.5. The fraction of sp³-hybridized carbons (Fsp3) is 0.759. The summed E-state index contributed by atoms with van der Waals surface area (Å²) in [5.74, 6) is 1.74. The first-order valence-electron chi connectivity index (χ1n) is 14.6. The Labute approximate surface area is 249 Å². The van der Waals surface area contributed by atoms with E-state index in [-0.39, 0.29) is 42.7 Å². The zero-order valence-corrected chi connectivity index (χ0v) is 25.6. The van der Waals surface area contributed by atoms with E-state index in [9.17, 15) is 14.4 Å². The maximum absolute atomic E-state index is 13.9. The molecule has 0 radical (unpaired) electrons. The summed E-state index contributed by atoms with van der Waals surface area (Å²) in [4.78, 5) is 46.3. The Morgan fingerprint density at radius 3 is 2.46 bits per heavy atom. The Balaban J connectivity index is 0.00000210. The van der Waals surface area contributed by atoms with Crippen LogP contribution in [-0.2, 0) is 14.3 Å². The molecule has 4 fully saturated rings. The lowest BCUT2D eigenvalue weighted by Gasteiger charge is -2.57. The van der Waals surface area contributed by atoms with Crippen LogP contribution < -0.4 is 0 Å². The molecule has 0 N–H and O–H groups in total. The van der Waals surface area contributed by atoms with Crippen LogP contribution in [0.25, 0.3) is 0 Å². The third-order valence-corrected chi connectivity index (χ3v) is 10.1. The van der Waals surface area contributed by atoms with Crippen molar-refractivity contribution < 1.29 is 19.1 Å². The Hall–Kier alpha value is -1.35. The van der Waals surface area contributed by atoms with E-state index in [1.165, 1.54) is 50.1 Å². The number of halogens is 2. The predicted octanol–water partition coefficient (Wildman–Crippen LogP) is 5.27. The Kier molecular flexibility index (Phi) is 12.4. The molecule has 4 aliphatic rings. The monoisotopic (exact) mass is 601 g/mol. The summed E-state index contributed by atoms with van der Waals surface area (Å²) in [5.41, 5.74) is 0. The molecule has 4 saturated heterocycles. The molecule has 0 aromatic carbocycles. The molecular formula is C29H45Cl2N3O4S. The van der Waals surface area contributed by atoms with Crippen LogP contribution in [0, 0.1) is 17.8 Å². The standard InChI is InChI=1S/C29H43N3O4S.2ClH/c1-2-36-27(34)11-3-9-24-23-8-5-15-30-14-4-7-22(28(23)30)20-32(24)26(33)19-21-12-16-31(17-13-21)29(35)25-10-6-18-37-25;;/h6,10,18,21-24,28H,2-5,7-9,11-17,19-20H2,1H3;2*1H. The van der Waals surface area contributed by atoms with E-state index in [1.54, 1.807) is 0 Å². The van der Waals surface area contributed by atoms with Crippen molar-refractivity contribution in [3.63, 3.8) is 0 Å². The van der Waals surface area contributed by atoms with Gasteiger partial charge in [-0.15, -0.1) is 36.2 Å². The number of likely N-dealkylation sites (tertiary alicyclic amines) is 2. The van der Waals surface area contributed by atoms with Gasteiger partial charge in [0.25, 0.3) is 5.91 Å². The third-order valence-electron chi connectivity index (χ3n) is 9.28. The molecule has 39 heavy (non-hydrogen) atoms. The summed E-state index contributed by atoms with van der Waals surface area (Å²) >= 11 is 1.50. The number of piperidine rings is 4. The molecule has 5 heterocycles. The molecule has 0 saturated carbocycles. The van der Waals surface area contributed by atoms with Gasteiger partial charge in [-0.3, -0.25) is 19.3 Å². The van der Waals surface area contributed by atoms with Crippen LogP contribution in [0.1, 0.15) is 80.8 Å². The van der Waals surface area contributed by atoms with Crippen LogP contribution in [0.15, 0.2) is 17.5 Å². The van der Waals surface area contributed by atoms with Crippen LogP contribution in [0.4, 0.5) is 0 Å². The average Bonchev–Trinajstić information content (AvgIpc) is 3.45. The molecule has 10 heteroatoms. The van der Waals surface area contributed by atoms with Gasteiger partial charge in [-0.1, -0.05) is 6.07 Å². The molecule has 1 aromatic rings. The van der Waals surface area contributed by atoms with Crippen molar-refractivity contribution in [2.75, 3.05) is 39.3 Å². The number of esters is 1. The van der Waals surface area contributed by atoms with Crippen LogP contribution in [0.3, 0.4) is 0 Å². The summed E-state index contributed by atoms with van der Waals surface area (Å²) < 4.78 is 5.17. The second kappa shape index (κ2) is 15.0. The minimum absolute atomic E-state index is 0. The highest BCUT2D eigenvalue weighted by Crippen LogP contribution is 2.44. The first kappa shape index (κ1) is 32.2. The van der Waals surface area contributed by atoms with Crippen molar-refractivity contribution in [1.29, 1.82) is 0 Å². The van der Waals surface area contributed by atoms with E-state index in [0.29, 0.717) is 49.2 Å². The van der Waals surface area contributed by atoms with Crippen LogP contribution in [0.5, 0.6) is 0 Å². The van der Waals surface area contributed by atoms with Gasteiger partial charge in [0.2, 0.25) is 5.91 Å². The van der Waals surface area contributed by atoms with Gasteiger partial charge in [0.1, 0.15) is 0 Å². The van der Waals surface area contributed by atoms with Crippen molar-refractivity contribution in [3.05, 3.63) is 22.4 Å². The molecule has 4 aliphatic heterocycles. The maximum Gasteiger partial charge on any atom is 0.305 e. The van der Waals surface area contributed by atoms with E-state index in [4.69, 9.17) is 4.74 Å². The van der Waals surface area contributed by atoms with E-state index < -0.39 is 0 Å². The van der Waals surface area contributed by atoms with E-state index >= 15 is 0 Å². The SMILES string of the molecule is CCOC(=O)CCCC1C2CCCN3CCCC(CN1C(=O)CC1CCN(C(=O)c4cccs4)CC1)C23.Cl.Cl.